The normalized spacial score (nSPS) is 16.8. The van der Waals surface area contributed by atoms with Crippen molar-refractivity contribution in [3.05, 3.63) is 35.4 Å². The van der Waals surface area contributed by atoms with Crippen molar-refractivity contribution in [2.75, 3.05) is 26.7 Å². The monoisotopic (exact) mass is 339 g/mol. The fourth-order valence-corrected chi connectivity index (χ4v) is 2.81. The van der Waals surface area contributed by atoms with Crippen LogP contribution in [0.15, 0.2) is 18.2 Å². The molecule has 1 heterocycles. The number of carbonyl (C=O) groups excluding carboxylic acids is 1. The number of likely N-dealkylation sites (tertiary alicyclic amines) is 1. The molecule has 1 aromatic carbocycles. The van der Waals surface area contributed by atoms with E-state index in [1.807, 2.05) is 11.9 Å². The van der Waals surface area contributed by atoms with Crippen LogP contribution in [0.3, 0.4) is 0 Å². The molecule has 1 saturated heterocycles. The Kier molecular flexibility index (Phi) is 6.69. The summed E-state index contributed by atoms with van der Waals surface area (Å²) >= 11 is 0. The lowest BCUT2D eigenvalue weighted by Gasteiger charge is -2.33. The number of carbonyl (C=O) groups is 1. The van der Waals surface area contributed by atoms with Crippen LogP contribution in [-0.2, 0) is 11.3 Å². The molecule has 1 N–H and O–H groups in total. The molecule has 1 fully saturated rings. The van der Waals surface area contributed by atoms with Crippen molar-refractivity contribution in [2.45, 2.75) is 45.3 Å². The number of hydrogen-bond donors (Lipinski definition) is 1. The van der Waals surface area contributed by atoms with Gasteiger partial charge in [-0.25, -0.2) is 8.78 Å². The summed E-state index contributed by atoms with van der Waals surface area (Å²) in [6, 6.07) is 4.58. The molecule has 0 atom stereocenters. The molecule has 0 unspecified atom stereocenters. The molecule has 1 aromatic rings. The molecule has 0 aromatic heterocycles. The zero-order valence-corrected chi connectivity index (χ0v) is 14.7. The first-order valence-corrected chi connectivity index (χ1v) is 8.51. The second kappa shape index (κ2) is 8.53. The first-order valence-electron chi connectivity index (χ1n) is 8.51. The molecule has 0 bridgehead atoms. The number of hydrogen-bond acceptors (Lipinski definition) is 3. The number of rotatable bonds is 6. The summed E-state index contributed by atoms with van der Waals surface area (Å²) < 4.78 is 26.2. The van der Waals surface area contributed by atoms with Crippen LogP contribution in [0.2, 0.25) is 0 Å². The van der Waals surface area contributed by atoms with E-state index in [1.54, 1.807) is 6.07 Å². The Balaban J connectivity index is 1.75. The molecular formula is C18H27F2N3O. The average molecular weight is 339 g/mol. The minimum absolute atomic E-state index is 0.0604. The highest BCUT2D eigenvalue weighted by atomic mass is 19.2. The zero-order chi connectivity index (χ0) is 17.7. The summed E-state index contributed by atoms with van der Waals surface area (Å²) in [5.74, 6) is -1.55. The van der Waals surface area contributed by atoms with E-state index in [-0.39, 0.29) is 11.9 Å². The Hall–Kier alpha value is -1.53. The number of amides is 1. The van der Waals surface area contributed by atoms with Gasteiger partial charge in [0.15, 0.2) is 11.6 Å². The minimum atomic E-state index is -0.813. The standard InChI is InChI=1S/C18H27F2N3O/c1-13(2)22(3)12-18(24)21-15-6-8-23(9-7-15)11-14-4-5-16(19)17(20)10-14/h4-5,10,13,15H,6-9,11-12H2,1-3H3,(H,21,24). The SMILES string of the molecule is CC(C)N(C)CC(=O)NC1CCN(Cc2ccc(F)c(F)c2)CC1. The fraction of sp³-hybridized carbons (Fsp3) is 0.611. The zero-order valence-electron chi connectivity index (χ0n) is 14.7. The third-order valence-electron chi connectivity index (χ3n) is 4.62. The maximum atomic E-state index is 13.3. The molecule has 0 aliphatic carbocycles. The van der Waals surface area contributed by atoms with E-state index < -0.39 is 11.6 Å². The Labute approximate surface area is 142 Å². The number of halogens is 2. The molecule has 0 spiro atoms. The lowest BCUT2D eigenvalue weighted by atomic mass is 10.0. The smallest absolute Gasteiger partial charge is 0.234 e. The number of nitrogens with one attached hydrogen (secondary N) is 1. The molecular weight excluding hydrogens is 312 g/mol. The second-order valence-electron chi connectivity index (χ2n) is 6.88. The lowest BCUT2D eigenvalue weighted by Crippen LogP contribution is -2.47. The van der Waals surface area contributed by atoms with Gasteiger partial charge in [-0.1, -0.05) is 6.07 Å². The Bertz CT molecular complexity index is 557. The third-order valence-corrected chi connectivity index (χ3v) is 4.62. The Morgan fingerprint density at radius 2 is 1.96 bits per heavy atom. The topological polar surface area (TPSA) is 35.6 Å². The number of likely N-dealkylation sites (N-methyl/N-ethyl adjacent to an activating group) is 1. The molecule has 1 aliphatic heterocycles. The van der Waals surface area contributed by atoms with Crippen LogP contribution in [-0.4, -0.2) is 54.5 Å². The quantitative estimate of drug-likeness (QED) is 0.864. The van der Waals surface area contributed by atoms with Crippen LogP contribution in [0.25, 0.3) is 0 Å². The summed E-state index contributed by atoms with van der Waals surface area (Å²) in [7, 11) is 1.94. The van der Waals surface area contributed by atoms with Crippen LogP contribution in [0.1, 0.15) is 32.3 Å². The van der Waals surface area contributed by atoms with E-state index in [4.69, 9.17) is 0 Å². The van der Waals surface area contributed by atoms with Crippen LogP contribution in [0.4, 0.5) is 8.78 Å². The van der Waals surface area contributed by atoms with Gasteiger partial charge in [0.2, 0.25) is 5.91 Å². The Morgan fingerprint density at radius 3 is 2.54 bits per heavy atom. The van der Waals surface area contributed by atoms with E-state index in [0.717, 1.165) is 31.5 Å². The maximum absolute atomic E-state index is 13.3. The van der Waals surface area contributed by atoms with Crippen molar-refractivity contribution >= 4 is 5.91 Å². The molecule has 4 nitrogen and oxygen atoms in total. The van der Waals surface area contributed by atoms with Crippen molar-refractivity contribution in [3.63, 3.8) is 0 Å². The molecule has 1 amide bonds. The van der Waals surface area contributed by atoms with Crippen LogP contribution in [0.5, 0.6) is 0 Å². The van der Waals surface area contributed by atoms with Gasteiger partial charge in [-0.2, -0.15) is 0 Å². The van der Waals surface area contributed by atoms with Gasteiger partial charge in [0.05, 0.1) is 6.54 Å². The van der Waals surface area contributed by atoms with Gasteiger partial charge < -0.3 is 5.32 Å². The van der Waals surface area contributed by atoms with Gasteiger partial charge in [0.25, 0.3) is 0 Å². The molecule has 24 heavy (non-hydrogen) atoms. The van der Waals surface area contributed by atoms with E-state index in [0.29, 0.717) is 19.1 Å². The predicted octanol–water partition coefficient (Wildman–Crippen LogP) is 2.39. The van der Waals surface area contributed by atoms with Crippen LogP contribution < -0.4 is 5.32 Å². The highest BCUT2D eigenvalue weighted by molar-refractivity contribution is 5.78. The van der Waals surface area contributed by atoms with Crippen molar-refractivity contribution in [2.24, 2.45) is 0 Å². The average Bonchev–Trinajstić information content (AvgIpc) is 2.52. The third kappa shape index (κ3) is 5.53. The lowest BCUT2D eigenvalue weighted by molar-refractivity contribution is -0.123. The number of benzene rings is 1. The summed E-state index contributed by atoms with van der Waals surface area (Å²) in [5, 5.41) is 3.09. The van der Waals surface area contributed by atoms with E-state index in [9.17, 15) is 13.6 Å². The van der Waals surface area contributed by atoms with Crippen LogP contribution in [0, 0.1) is 11.6 Å². The predicted molar refractivity (Wildman–Crippen MR) is 90.6 cm³/mol. The molecule has 0 radical (unpaired) electrons. The van der Waals surface area contributed by atoms with Crippen molar-refractivity contribution in [1.29, 1.82) is 0 Å². The summed E-state index contributed by atoms with van der Waals surface area (Å²) in [6.07, 6.45) is 1.75. The van der Waals surface area contributed by atoms with Crippen molar-refractivity contribution in [3.8, 4) is 0 Å². The van der Waals surface area contributed by atoms with Gasteiger partial charge >= 0.3 is 0 Å². The summed E-state index contributed by atoms with van der Waals surface area (Å²) in [4.78, 5) is 16.2. The van der Waals surface area contributed by atoms with E-state index in [2.05, 4.69) is 24.1 Å². The fourth-order valence-electron chi connectivity index (χ4n) is 2.81. The highest BCUT2D eigenvalue weighted by Crippen LogP contribution is 2.16. The van der Waals surface area contributed by atoms with Crippen molar-refractivity contribution in [1.82, 2.24) is 15.1 Å². The highest BCUT2D eigenvalue weighted by Gasteiger charge is 2.21. The number of nitrogens with zero attached hydrogens (tertiary/aromatic N) is 2. The Morgan fingerprint density at radius 1 is 1.29 bits per heavy atom. The van der Waals surface area contributed by atoms with Gasteiger partial charge in [0, 0.05) is 31.7 Å². The maximum Gasteiger partial charge on any atom is 0.234 e. The minimum Gasteiger partial charge on any atom is -0.352 e. The largest absolute Gasteiger partial charge is 0.352 e. The van der Waals surface area contributed by atoms with E-state index in [1.165, 1.54) is 12.1 Å². The van der Waals surface area contributed by atoms with Gasteiger partial charge in [0.1, 0.15) is 0 Å². The summed E-state index contributed by atoms with van der Waals surface area (Å²) in [5.41, 5.74) is 0.773. The molecule has 0 saturated carbocycles. The van der Waals surface area contributed by atoms with Gasteiger partial charge in [-0.3, -0.25) is 14.6 Å². The first-order chi connectivity index (χ1) is 11.3. The first kappa shape index (κ1) is 18.8. The molecule has 6 heteroatoms. The molecule has 134 valence electrons. The van der Waals surface area contributed by atoms with E-state index >= 15 is 0 Å². The van der Waals surface area contributed by atoms with Crippen molar-refractivity contribution < 1.29 is 13.6 Å². The summed E-state index contributed by atoms with van der Waals surface area (Å²) in [6.45, 7) is 6.81. The molecule has 1 aliphatic rings. The van der Waals surface area contributed by atoms with Gasteiger partial charge in [-0.15, -0.1) is 0 Å². The molecule has 2 rings (SSSR count). The number of piperidine rings is 1. The van der Waals surface area contributed by atoms with Crippen LogP contribution >= 0.6 is 0 Å². The van der Waals surface area contributed by atoms with Gasteiger partial charge in [-0.05, 0) is 51.4 Å². The second-order valence-corrected chi connectivity index (χ2v) is 6.88.